The number of hydrogen-bond donors (Lipinski definition) is 1. The molecule has 0 heterocycles. The maximum absolute atomic E-state index is 10.1. The van der Waals surface area contributed by atoms with Gasteiger partial charge in [0, 0.05) is 23.6 Å². The molecular weight excluding hydrogens is 259 g/mol. The van der Waals surface area contributed by atoms with Crippen molar-refractivity contribution in [3.05, 3.63) is 33.8 Å². The average Bonchev–Trinajstić information content (AvgIpc) is 3.08. The molecule has 1 aromatic rings. The van der Waals surface area contributed by atoms with Crippen LogP contribution in [0.4, 0.5) is 0 Å². The minimum Gasteiger partial charge on any atom is -0.390 e. The molecule has 1 aliphatic rings. The van der Waals surface area contributed by atoms with Crippen LogP contribution in [0.25, 0.3) is 0 Å². The van der Waals surface area contributed by atoms with Gasteiger partial charge in [-0.05, 0) is 36.5 Å². The summed E-state index contributed by atoms with van der Waals surface area (Å²) in [4.78, 5) is 0. The second-order valence-corrected chi connectivity index (χ2v) is 5.39. The average molecular weight is 275 g/mol. The summed E-state index contributed by atoms with van der Waals surface area (Å²) in [5.41, 5.74) is 0.909. The van der Waals surface area contributed by atoms with Crippen molar-refractivity contribution < 1.29 is 9.84 Å². The molecular formula is C13H16Cl2O2. The summed E-state index contributed by atoms with van der Waals surface area (Å²) in [5.74, 6) is 0.501. The number of benzene rings is 1. The highest BCUT2D eigenvalue weighted by Crippen LogP contribution is 2.36. The van der Waals surface area contributed by atoms with Gasteiger partial charge in [-0.25, -0.2) is 0 Å². The van der Waals surface area contributed by atoms with Crippen molar-refractivity contribution in [1.29, 1.82) is 0 Å². The maximum atomic E-state index is 10.1. The third-order valence-electron chi connectivity index (χ3n) is 3.18. The number of rotatable bonds is 5. The van der Waals surface area contributed by atoms with Crippen molar-refractivity contribution >= 4 is 23.2 Å². The Balaban J connectivity index is 2.03. The highest BCUT2D eigenvalue weighted by atomic mass is 35.5. The van der Waals surface area contributed by atoms with Gasteiger partial charge in [0.15, 0.2) is 0 Å². The minimum absolute atomic E-state index is 0.0817. The topological polar surface area (TPSA) is 29.5 Å². The van der Waals surface area contributed by atoms with Gasteiger partial charge in [0.1, 0.15) is 0 Å². The lowest BCUT2D eigenvalue weighted by Crippen LogP contribution is -2.31. The van der Waals surface area contributed by atoms with E-state index in [1.165, 1.54) is 0 Å². The zero-order chi connectivity index (χ0) is 12.4. The summed E-state index contributed by atoms with van der Waals surface area (Å²) >= 11 is 11.9. The molecule has 2 rings (SSSR count). The smallest absolute Gasteiger partial charge is 0.0861 e. The van der Waals surface area contributed by atoms with Crippen molar-refractivity contribution in [2.45, 2.75) is 31.5 Å². The van der Waals surface area contributed by atoms with Crippen LogP contribution in [-0.4, -0.2) is 24.4 Å². The van der Waals surface area contributed by atoms with Crippen molar-refractivity contribution in [2.75, 3.05) is 7.11 Å². The number of aliphatic hydroxyl groups is 1. The van der Waals surface area contributed by atoms with E-state index in [9.17, 15) is 5.11 Å². The lowest BCUT2D eigenvalue weighted by Gasteiger charge is -2.21. The molecule has 1 saturated carbocycles. The normalized spacial score (nSPS) is 19.1. The molecule has 1 fully saturated rings. The highest BCUT2D eigenvalue weighted by molar-refractivity contribution is 6.35. The van der Waals surface area contributed by atoms with Gasteiger partial charge in [0.2, 0.25) is 0 Å². The lowest BCUT2D eigenvalue weighted by atomic mass is 10.0. The third-order valence-corrected chi connectivity index (χ3v) is 3.77. The molecule has 2 unspecified atom stereocenters. The standard InChI is InChI=1S/C13H16Cl2O2/c1-17-13(8-2-3-8)12(16)6-9-4-5-10(14)7-11(9)15/h4-5,7-8,12-13,16H,2-3,6H2,1H3. The van der Waals surface area contributed by atoms with Crippen molar-refractivity contribution in [3.8, 4) is 0 Å². The Hall–Kier alpha value is -0.280. The van der Waals surface area contributed by atoms with E-state index in [0.29, 0.717) is 22.4 Å². The Morgan fingerprint density at radius 1 is 1.41 bits per heavy atom. The van der Waals surface area contributed by atoms with Crippen LogP contribution >= 0.6 is 23.2 Å². The van der Waals surface area contributed by atoms with Crippen molar-refractivity contribution in [2.24, 2.45) is 5.92 Å². The fraction of sp³-hybridized carbons (Fsp3) is 0.538. The van der Waals surface area contributed by atoms with Crippen LogP contribution in [0.3, 0.4) is 0 Å². The number of ether oxygens (including phenoxy) is 1. The molecule has 17 heavy (non-hydrogen) atoms. The first kappa shape index (κ1) is 13.2. The number of halogens is 2. The Bertz CT molecular complexity index is 391. The fourth-order valence-electron chi connectivity index (χ4n) is 2.12. The third kappa shape index (κ3) is 3.35. The molecule has 1 N–H and O–H groups in total. The largest absolute Gasteiger partial charge is 0.390 e. The second kappa shape index (κ2) is 5.57. The maximum Gasteiger partial charge on any atom is 0.0861 e. The molecule has 1 aromatic carbocycles. The SMILES string of the molecule is COC(C(O)Cc1ccc(Cl)cc1Cl)C1CC1. The predicted octanol–water partition coefficient (Wildman–Crippen LogP) is 3.32. The predicted molar refractivity (Wildman–Crippen MR) is 69.7 cm³/mol. The molecule has 1 aliphatic carbocycles. The molecule has 2 atom stereocenters. The number of methoxy groups -OCH3 is 1. The first-order valence-electron chi connectivity index (χ1n) is 5.76. The van der Waals surface area contributed by atoms with Crippen LogP contribution in [0, 0.1) is 5.92 Å². The Kier molecular flexibility index (Phi) is 4.31. The van der Waals surface area contributed by atoms with Crippen molar-refractivity contribution in [3.63, 3.8) is 0 Å². The van der Waals surface area contributed by atoms with E-state index in [0.717, 1.165) is 18.4 Å². The molecule has 0 amide bonds. The monoisotopic (exact) mass is 274 g/mol. The van der Waals surface area contributed by atoms with Gasteiger partial charge < -0.3 is 9.84 Å². The molecule has 0 aromatic heterocycles. The van der Waals surface area contributed by atoms with Crippen LogP contribution in [0.1, 0.15) is 18.4 Å². The summed E-state index contributed by atoms with van der Waals surface area (Å²) in [6.07, 6.45) is 2.20. The zero-order valence-corrected chi connectivity index (χ0v) is 11.2. The van der Waals surface area contributed by atoms with Gasteiger partial charge in [-0.15, -0.1) is 0 Å². The number of aliphatic hydroxyl groups excluding tert-OH is 1. The molecule has 0 saturated heterocycles. The summed E-state index contributed by atoms with van der Waals surface area (Å²) in [6, 6.07) is 5.34. The molecule has 0 aliphatic heterocycles. The second-order valence-electron chi connectivity index (χ2n) is 4.54. The van der Waals surface area contributed by atoms with E-state index in [-0.39, 0.29) is 6.10 Å². The summed E-state index contributed by atoms with van der Waals surface area (Å²) in [7, 11) is 1.65. The highest BCUT2D eigenvalue weighted by Gasteiger charge is 2.36. The summed E-state index contributed by atoms with van der Waals surface area (Å²) in [6.45, 7) is 0. The van der Waals surface area contributed by atoms with Gasteiger partial charge in [-0.1, -0.05) is 29.3 Å². The zero-order valence-electron chi connectivity index (χ0n) is 9.70. The quantitative estimate of drug-likeness (QED) is 0.893. The van der Waals surface area contributed by atoms with Gasteiger partial charge in [0.05, 0.1) is 12.2 Å². The van der Waals surface area contributed by atoms with Crippen molar-refractivity contribution in [1.82, 2.24) is 0 Å². The van der Waals surface area contributed by atoms with Crippen LogP contribution in [-0.2, 0) is 11.2 Å². The summed E-state index contributed by atoms with van der Waals surface area (Å²) < 4.78 is 5.35. The van der Waals surface area contributed by atoms with E-state index in [2.05, 4.69) is 0 Å². The van der Waals surface area contributed by atoms with Gasteiger partial charge in [0.25, 0.3) is 0 Å². The molecule has 2 nitrogen and oxygen atoms in total. The van der Waals surface area contributed by atoms with E-state index >= 15 is 0 Å². The van der Waals surface area contributed by atoms with Gasteiger partial charge >= 0.3 is 0 Å². The van der Waals surface area contributed by atoms with E-state index in [1.807, 2.05) is 6.07 Å². The first-order valence-corrected chi connectivity index (χ1v) is 6.52. The lowest BCUT2D eigenvalue weighted by molar-refractivity contribution is -0.0237. The van der Waals surface area contributed by atoms with Gasteiger partial charge in [-0.2, -0.15) is 0 Å². The van der Waals surface area contributed by atoms with Crippen LogP contribution in [0.15, 0.2) is 18.2 Å². The van der Waals surface area contributed by atoms with Gasteiger partial charge in [-0.3, -0.25) is 0 Å². The van der Waals surface area contributed by atoms with E-state index in [4.69, 9.17) is 27.9 Å². The minimum atomic E-state index is -0.508. The van der Waals surface area contributed by atoms with Crippen LogP contribution < -0.4 is 0 Å². The summed E-state index contributed by atoms with van der Waals surface area (Å²) in [5, 5.41) is 11.4. The number of hydrogen-bond acceptors (Lipinski definition) is 2. The molecule has 4 heteroatoms. The molecule has 0 radical (unpaired) electrons. The fourth-order valence-corrected chi connectivity index (χ4v) is 2.60. The molecule has 0 bridgehead atoms. The van der Waals surface area contributed by atoms with Crippen LogP contribution in [0.5, 0.6) is 0 Å². The molecule has 0 spiro atoms. The first-order chi connectivity index (χ1) is 8.11. The van der Waals surface area contributed by atoms with E-state index < -0.39 is 6.10 Å². The van der Waals surface area contributed by atoms with Crippen LogP contribution in [0.2, 0.25) is 10.0 Å². The Labute approximate surface area is 111 Å². The van der Waals surface area contributed by atoms with E-state index in [1.54, 1.807) is 19.2 Å². The molecule has 94 valence electrons. The Morgan fingerprint density at radius 2 is 2.12 bits per heavy atom. The Morgan fingerprint density at radius 3 is 2.65 bits per heavy atom.